The van der Waals surface area contributed by atoms with Crippen LogP contribution in [-0.2, 0) is 4.79 Å². The first-order valence-corrected chi connectivity index (χ1v) is 6.17. The van der Waals surface area contributed by atoms with Crippen molar-refractivity contribution in [1.82, 2.24) is 9.80 Å². The van der Waals surface area contributed by atoms with Crippen LogP contribution < -0.4 is 5.73 Å². The lowest BCUT2D eigenvalue weighted by Crippen LogP contribution is -2.59. The van der Waals surface area contributed by atoms with Crippen LogP contribution in [0.3, 0.4) is 0 Å². The minimum absolute atomic E-state index is 0.106. The van der Waals surface area contributed by atoms with E-state index in [9.17, 15) is 4.79 Å². The molecule has 1 heterocycles. The first kappa shape index (κ1) is 13.5. The van der Waals surface area contributed by atoms with Gasteiger partial charge in [-0.2, -0.15) is 0 Å². The summed E-state index contributed by atoms with van der Waals surface area (Å²) in [6, 6.07) is 0.426. The molecule has 16 heavy (non-hydrogen) atoms. The molecule has 2 N–H and O–H groups in total. The Morgan fingerprint density at radius 2 is 2.12 bits per heavy atom. The maximum atomic E-state index is 12.2. The van der Waals surface area contributed by atoms with Gasteiger partial charge in [0.15, 0.2) is 0 Å². The second kappa shape index (κ2) is 5.15. The van der Waals surface area contributed by atoms with Gasteiger partial charge in [0.2, 0.25) is 5.91 Å². The van der Waals surface area contributed by atoms with E-state index in [0.29, 0.717) is 6.04 Å². The Bertz CT molecular complexity index is 253. The van der Waals surface area contributed by atoms with E-state index < -0.39 is 5.54 Å². The third-order valence-corrected chi connectivity index (χ3v) is 3.50. The Morgan fingerprint density at radius 3 is 2.62 bits per heavy atom. The van der Waals surface area contributed by atoms with Gasteiger partial charge < -0.3 is 15.5 Å². The molecule has 1 fully saturated rings. The molecule has 0 aliphatic carbocycles. The van der Waals surface area contributed by atoms with Gasteiger partial charge in [0.05, 0.1) is 5.54 Å². The SMILES string of the molecule is CCCC(C)(N)C(=O)N1CCN(C)C(C)C1. The van der Waals surface area contributed by atoms with Crippen molar-refractivity contribution < 1.29 is 4.79 Å². The molecule has 4 nitrogen and oxygen atoms in total. The van der Waals surface area contributed by atoms with Crippen molar-refractivity contribution in [2.24, 2.45) is 5.73 Å². The molecule has 0 bridgehead atoms. The highest BCUT2D eigenvalue weighted by molar-refractivity contribution is 5.85. The molecule has 1 saturated heterocycles. The fraction of sp³-hybridized carbons (Fsp3) is 0.917. The van der Waals surface area contributed by atoms with Crippen LogP contribution in [0.15, 0.2) is 0 Å². The number of rotatable bonds is 3. The molecule has 1 aliphatic rings. The molecule has 0 aromatic heterocycles. The Hall–Kier alpha value is -0.610. The number of piperazine rings is 1. The molecule has 94 valence electrons. The van der Waals surface area contributed by atoms with Crippen molar-refractivity contribution in [1.29, 1.82) is 0 Å². The van der Waals surface area contributed by atoms with Crippen molar-refractivity contribution in [3.05, 3.63) is 0 Å². The highest BCUT2D eigenvalue weighted by Gasteiger charge is 2.34. The molecule has 2 atom stereocenters. The van der Waals surface area contributed by atoms with Crippen LogP contribution in [0.25, 0.3) is 0 Å². The van der Waals surface area contributed by atoms with E-state index >= 15 is 0 Å². The molecule has 1 aliphatic heterocycles. The average molecular weight is 227 g/mol. The zero-order valence-corrected chi connectivity index (χ0v) is 11.0. The van der Waals surface area contributed by atoms with E-state index in [0.717, 1.165) is 32.5 Å². The van der Waals surface area contributed by atoms with E-state index in [2.05, 4.69) is 25.8 Å². The van der Waals surface area contributed by atoms with Crippen molar-refractivity contribution in [3.8, 4) is 0 Å². The van der Waals surface area contributed by atoms with Gasteiger partial charge in [0.1, 0.15) is 0 Å². The maximum absolute atomic E-state index is 12.2. The fourth-order valence-electron chi connectivity index (χ4n) is 2.22. The van der Waals surface area contributed by atoms with Crippen molar-refractivity contribution in [3.63, 3.8) is 0 Å². The fourth-order valence-corrected chi connectivity index (χ4v) is 2.22. The Morgan fingerprint density at radius 1 is 1.50 bits per heavy atom. The average Bonchev–Trinajstić information content (AvgIpc) is 2.21. The predicted molar refractivity (Wildman–Crippen MR) is 66.2 cm³/mol. The van der Waals surface area contributed by atoms with Gasteiger partial charge in [0.25, 0.3) is 0 Å². The number of hydrogen-bond donors (Lipinski definition) is 1. The van der Waals surface area contributed by atoms with Gasteiger partial charge in [-0.1, -0.05) is 13.3 Å². The number of hydrogen-bond acceptors (Lipinski definition) is 3. The Labute approximate surface area is 98.8 Å². The largest absolute Gasteiger partial charge is 0.338 e. The molecule has 0 spiro atoms. The quantitative estimate of drug-likeness (QED) is 0.771. The van der Waals surface area contributed by atoms with Crippen LogP contribution in [0.5, 0.6) is 0 Å². The summed E-state index contributed by atoms with van der Waals surface area (Å²) in [6.07, 6.45) is 1.70. The number of likely N-dealkylation sites (N-methyl/N-ethyl adjacent to an activating group) is 1. The Balaban J connectivity index is 2.61. The minimum Gasteiger partial charge on any atom is -0.338 e. The van der Waals surface area contributed by atoms with E-state index in [1.54, 1.807) is 0 Å². The molecule has 0 aromatic carbocycles. The summed E-state index contributed by atoms with van der Waals surface area (Å²) in [6.45, 7) is 8.59. The molecule has 4 heteroatoms. The number of carbonyl (C=O) groups is 1. The summed E-state index contributed by atoms with van der Waals surface area (Å²) in [5, 5.41) is 0. The third kappa shape index (κ3) is 2.95. The van der Waals surface area contributed by atoms with E-state index in [4.69, 9.17) is 5.73 Å². The summed E-state index contributed by atoms with van der Waals surface area (Å²) in [5.41, 5.74) is 5.39. The number of nitrogens with zero attached hydrogens (tertiary/aromatic N) is 2. The maximum Gasteiger partial charge on any atom is 0.242 e. The lowest BCUT2D eigenvalue weighted by molar-refractivity contribution is -0.139. The molecule has 1 rings (SSSR count). The zero-order chi connectivity index (χ0) is 12.3. The van der Waals surface area contributed by atoms with Crippen LogP contribution >= 0.6 is 0 Å². The number of carbonyl (C=O) groups excluding carboxylic acids is 1. The second-order valence-corrected chi connectivity index (χ2v) is 5.25. The molecule has 0 saturated carbocycles. The van der Waals surface area contributed by atoms with Crippen LogP contribution in [0.2, 0.25) is 0 Å². The number of nitrogens with two attached hydrogens (primary N) is 1. The van der Waals surface area contributed by atoms with Gasteiger partial charge >= 0.3 is 0 Å². The number of amides is 1. The molecule has 0 aromatic rings. The lowest BCUT2D eigenvalue weighted by Gasteiger charge is -2.40. The van der Waals surface area contributed by atoms with Gasteiger partial charge in [-0.15, -0.1) is 0 Å². The molecule has 2 unspecified atom stereocenters. The van der Waals surface area contributed by atoms with E-state index in [1.165, 1.54) is 0 Å². The van der Waals surface area contributed by atoms with Crippen LogP contribution in [0.1, 0.15) is 33.6 Å². The first-order chi connectivity index (χ1) is 7.38. The van der Waals surface area contributed by atoms with Crippen LogP contribution in [-0.4, -0.2) is 54.0 Å². The topological polar surface area (TPSA) is 49.6 Å². The summed E-state index contributed by atoms with van der Waals surface area (Å²) >= 11 is 0. The molecule has 0 radical (unpaired) electrons. The normalized spacial score (nSPS) is 26.6. The highest BCUT2D eigenvalue weighted by atomic mass is 16.2. The summed E-state index contributed by atoms with van der Waals surface area (Å²) in [7, 11) is 2.10. The standard InChI is InChI=1S/C12H25N3O/c1-5-6-12(3,13)11(16)15-8-7-14(4)10(2)9-15/h10H,5-9,13H2,1-4H3. The summed E-state index contributed by atoms with van der Waals surface area (Å²) in [4.78, 5) is 16.4. The van der Waals surface area contributed by atoms with Crippen LogP contribution in [0.4, 0.5) is 0 Å². The van der Waals surface area contributed by atoms with Crippen molar-refractivity contribution in [2.75, 3.05) is 26.7 Å². The molecule has 1 amide bonds. The molecular formula is C12H25N3O. The van der Waals surface area contributed by atoms with Crippen LogP contribution in [0, 0.1) is 0 Å². The Kier molecular flexibility index (Phi) is 4.33. The second-order valence-electron chi connectivity index (χ2n) is 5.25. The smallest absolute Gasteiger partial charge is 0.242 e. The first-order valence-electron chi connectivity index (χ1n) is 6.17. The van der Waals surface area contributed by atoms with Gasteiger partial charge in [-0.3, -0.25) is 4.79 Å². The molecular weight excluding hydrogens is 202 g/mol. The van der Waals surface area contributed by atoms with Gasteiger partial charge in [-0.05, 0) is 27.3 Å². The monoisotopic (exact) mass is 227 g/mol. The van der Waals surface area contributed by atoms with E-state index in [-0.39, 0.29) is 5.91 Å². The minimum atomic E-state index is -0.690. The highest BCUT2D eigenvalue weighted by Crippen LogP contribution is 2.16. The van der Waals surface area contributed by atoms with Gasteiger partial charge in [-0.25, -0.2) is 0 Å². The van der Waals surface area contributed by atoms with E-state index in [1.807, 2.05) is 11.8 Å². The summed E-state index contributed by atoms with van der Waals surface area (Å²) in [5.74, 6) is 0.106. The van der Waals surface area contributed by atoms with Gasteiger partial charge in [0, 0.05) is 25.7 Å². The lowest BCUT2D eigenvalue weighted by atomic mass is 9.95. The predicted octanol–water partition coefficient (Wildman–Crippen LogP) is 0.666. The summed E-state index contributed by atoms with van der Waals surface area (Å²) < 4.78 is 0. The zero-order valence-electron chi connectivity index (χ0n) is 11.0. The van der Waals surface area contributed by atoms with Crippen molar-refractivity contribution in [2.45, 2.75) is 45.2 Å². The third-order valence-electron chi connectivity index (χ3n) is 3.50. The van der Waals surface area contributed by atoms with Crippen molar-refractivity contribution >= 4 is 5.91 Å².